The largest absolute Gasteiger partial charge is 0.494 e. The molecule has 0 radical (unpaired) electrons. The third-order valence-corrected chi connectivity index (χ3v) is 8.27. The van der Waals surface area contributed by atoms with E-state index in [-0.39, 0.29) is 24.4 Å². The molecule has 2 aliphatic rings. The number of rotatable bonds is 6. The van der Waals surface area contributed by atoms with Gasteiger partial charge in [0.1, 0.15) is 11.3 Å². The van der Waals surface area contributed by atoms with E-state index in [1.165, 1.54) is 6.42 Å². The van der Waals surface area contributed by atoms with Crippen LogP contribution in [0.4, 0.5) is 0 Å². The molecule has 190 valence electrons. The van der Waals surface area contributed by atoms with Crippen LogP contribution in [-0.4, -0.2) is 44.5 Å². The molecule has 2 heterocycles. The van der Waals surface area contributed by atoms with Crippen molar-refractivity contribution in [3.05, 3.63) is 59.9 Å². The van der Waals surface area contributed by atoms with Crippen LogP contribution >= 0.6 is 0 Å². The van der Waals surface area contributed by atoms with Gasteiger partial charge in [0.15, 0.2) is 5.82 Å². The quantitative estimate of drug-likeness (QED) is 0.541. The second kappa shape index (κ2) is 9.60. The van der Waals surface area contributed by atoms with E-state index in [1.807, 2.05) is 66.9 Å². The van der Waals surface area contributed by atoms with Gasteiger partial charge in [-0.1, -0.05) is 57.0 Å². The van der Waals surface area contributed by atoms with Gasteiger partial charge < -0.3 is 19.5 Å². The molecule has 1 aliphatic heterocycles. The fourth-order valence-corrected chi connectivity index (χ4v) is 5.79. The minimum Gasteiger partial charge on any atom is -0.494 e. The summed E-state index contributed by atoms with van der Waals surface area (Å²) in [4.78, 5) is 34.5. The van der Waals surface area contributed by atoms with Crippen molar-refractivity contribution in [1.82, 2.24) is 19.8 Å². The Kier molecular flexibility index (Phi) is 6.49. The smallest absolute Gasteiger partial charge is 0.291 e. The highest BCUT2D eigenvalue weighted by Gasteiger charge is 2.49. The molecule has 2 aromatic carbocycles. The zero-order valence-electron chi connectivity index (χ0n) is 21.7. The minimum absolute atomic E-state index is 0.103. The highest BCUT2D eigenvalue weighted by Crippen LogP contribution is 2.35. The van der Waals surface area contributed by atoms with Crippen molar-refractivity contribution in [3.63, 3.8) is 0 Å². The average Bonchev–Trinajstić information content (AvgIpc) is 3.24. The first-order chi connectivity index (χ1) is 17.3. The Morgan fingerprint density at radius 2 is 1.89 bits per heavy atom. The number of benzene rings is 2. The molecule has 36 heavy (non-hydrogen) atoms. The van der Waals surface area contributed by atoms with Crippen LogP contribution in [0.25, 0.3) is 11.0 Å². The van der Waals surface area contributed by atoms with E-state index in [0.29, 0.717) is 30.8 Å². The Bertz CT molecular complexity index is 1280. The van der Waals surface area contributed by atoms with Gasteiger partial charge in [0.05, 0.1) is 30.7 Å². The molecule has 0 unspecified atom stereocenters. The van der Waals surface area contributed by atoms with Gasteiger partial charge in [-0.2, -0.15) is 0 Å². The lowest BCUT2D eigenvalue weighted by Crippen LogP contribution is -2.65. The summed E-state index contributed by atoms with van der Waals surface area (Å²) in [7, 11) is 0. The van der Waals surface area contributed by atoms with E-state index in [2.05, 4.69) is 24.1 Å². The molecule has 0 saturated heterocycles. The van der Waals surface area contributed by atoms with Crippen LogP contribution in [-0.2, 0) is 17.9 Å². The van der Waals surface area contributed by atoms with Crippen molar-refractivity contribution in [1.29, 1.82) is 0 Å². The van der Waals surface area contributed by atoms with Crippen LogP contribution in [0, 0.1) is 11.8 Å². The lowest BCUT2D eigenvalue weighted by Gasteiger charge is -2.45. The number of fused-ring (bicyclic) bond motifs is 3. The molecule has 1 fully saturated rings. The molecule has 2 amide bonds. The number of amides is 2. The molecule has 0 spiro atoms. The number of imidazole rings is 1. The topological polar surface area (TPSA) is 76.5 Å². The second-order valence-corrected chi connectivity index (χ2v) is 10.6. The van der Waals surface area contributed by atoms with Gasteiger partial charge in [-0.25, -0.2) is 4.98 Å². The summed E-state index contributed by atoms with van der Waals surface area (Å²) in [6.07, 6.45) is 3.26. The van der Waals surface area contributed by atoms with E-state index in [4.69, 9.17) is 4.74 Å². The predicted octanol–water partition coefficient (Wildman–Crippen LogP) is 4.79. The maximum absolute atomic E-state index is 14.1. The molecule has 1 N–H and O–H groups in total. The Hall–Kier alpha value is -3.35. The molecule has 3 aromatic rings. The summed E-state index contributed by atoms with van der Waals surface area (Å²) in [6, 6.07) is 15.5. The first kappa shape index (κ1) is 24.3. The minimum atomic E-state index is -1.09. The summed E-state index contributed by atoms with van der Waals surface area (Å²) in [6.45, 7) is 9.44. The summed E-state index contributed by atoms with van der Waals surface area (Å²) in [5, 5.41) is 3.36. The molecular weight excluding hydrogens is 452 g/mol. The van der Waals surface area contributed by atoms with Gasteiger partial charge in [-0.3, -0.25) is 9.59 Å². The Morgan fingerprint density at radius 3 is 2.69 bits per heavy atom. The highest BCUT2D eigenvalue weighted by molar-refractivity contribution is 6.01. The lowest BCUT2D eigenvalue weighted by molar-refractivity contribution is -0.134. The standard InChI is InChI=1S/C29H36N4O3/c1-5-36-25-16-9-6-12-21(25)17-33-27(34)26-30-23-13-7-8-15-24(23)32(26)18-29(33,4)28(35)31-22-14-10-11-19(2)20(22)3/h6-9,12-13,15-16,19-20,22H,5,10-11,14,17-18H2,1-4H3,(H,31,35)/t19-,20-,22-,29-/m1/s1. The molecule has 1 aromatic heterocycles. The zero-order valence-corrected chi connectivity index (χ0v) is 21.7. The normalized spacial score (nSPS) is 26.1. The lowest BCUT2D eigenvalue weighted by atomic mass is 9.77. The van der Waals surface area contributed by atoms with E-state index in [0.717, 1.165) is 35.2 Å². The molecule has 1 aliphatic carbocycles. The molecule has 5 rings (SSSR count). The number of carbonyl (C=O) groups excluding carboxylic acids is 2. The Morgan fingerprint density at radius 1 is 1.14 bits per heavy atom. The number of ether oxygens (including phenoxy) is 1. The maximum atomic E-state index is 14.1. The number of aromatic nitrogens is 2. The summed E-state index contributed by atoms with van der Waals surface area (Å²) in [5.74, 6) is 1.69. The molecule has 0 bridgehead atoms. The molecule has 7 heteroatoms. The van der Waals surface area contributed by atoms with Crippen molar-refractivity contribution in [2.45, 2.75) is 71.6 Å². The van der Waals surface area contributed by atoms with Gasteiger partial charge >= 0.3 is 0 Å². The SMILES string of the molecule is CCOc1ccccc1CN1C(=O)c2nc3ccccc3n2C[C@]1(C)C(=O)N[C@@H]1CCC[C@@H](C)[C@H]1C. The average molecular weight is 489 g/mol. The van der Waals surface area contributed by atoms with Crippen LogP contribution in [0.1, 0.15) is 63.1 Å². The second-order valence-electron chi connectivity index (χ2n) is 10.6. The summed E-state index contributed by atoms with van der Waals surface area (Å²) >= 11 is 0. The van der Waals surface area contributed by atoms with Crippen LogP contribution in [0.2, 0.25) is 0 Å². The predicted molar refractivity (Wildman–Crippen MR) is 140 cm³/mol. The van der Waals surface area contributed by atoms with Crippen LogP contribution in [0.15, 0.2) is 48.5 Å². The zero-order chi connectivity index (χ0) is 25.4. The number of hydrogen-bond donors (Lipinski definition) is 1. The molecule has 1 saturated carbocycles. The van der Waals surface area contributed by atoms with E-state index in [9.17, 15) is 9.59 Å². The first-order valence-corrected chi connectivity index (χ1v) is 13.1. The maximum Gasteiger partial charge on any atom is 0.291 e. The monoisotopic (exact) mass is 488 g/mol. The van der Waals surface area contributed by atoms with E-state index < -0.39 is 5.54 Å². The van der Waals surface area contributed by atoms with Crippen molar-refractivity contribution in [2.75, 3.05) is 6.61 Å². The third-order valence-electron chi connectivity index (χ3n) is 8.27. The Balaban J connectivity index is 1.55. The molecular formula is C29H36N4O3. The van der Waals surface area contributed by atoms with Gasteiger partial charge in [0.25, 0.3) is 5.91 Å². The van der Waals surface area contributed by atoms with Gasteiger partial charge in [-0.05, 0) is 50.3 Å². The first-order valence-electron chi connectivity index (χ1n) is 13.1. The Labute approximate surface area is 212 Å². The van der Waals surface area contributed by atoms with Gasteiger partial charge in [0.2, 0.25) is 5.91 Å². The highest BCUT2D eigenvalue weighted by atomic mass is 16.5. The van der Waals surface area contributed by atoms with Crippen molar-refractivity contribution < 1.29 is 14.3 Å². The summed E-state index contributed by atoms with van der Waals surface area (Å²) in [5.41, 5.74) is 1.41. The van der Waals surface area contributed by atoms with Crippen LogP contribution in [0.5, 0.6) is 5.75 Å². The van der Waals surface area contributed by atoms with Crippen molar-refractivity contribution >= 4 is 22.8 Å². The number of nitrogens with zero attached hydrogens (tertiary/aromatic N) is 3. The van der Waals surface area contributed by atoms with Crippen molar-refractivity contribution in [2.24, 2.45) is 11.8 Å². The van der Waals surface area contributed by atoms with E-state index in [1.54, 1.807) is 4.90 Å². The molecule has 7 nitrogen and oxygen atoms in total. The summed E-state index contributed by atoms with van der Waals surface area (Å²) < 4.78 is 7.76. The fraction of sp³-hybridized carbons (Fsp3) is 0.483. The van der Waals surface area contributed by atoms with E-state index >= 15 is 0 Å². The third kappa shape index (κ3) is 4.14. The van der Waals surface area contributed by atoms with Crippen LogP contribution < -0.4 is 10.1 Å². The number of hydrogen-bond acceptors (Lipinski definition) is 4. The fourth-order valence-electron chi connectivity index (χ4n) is 5.79. The number of nitrogens with one attached hydrogen (secondary N) is 1. The van der Waals surface area contributed by atoms with Crippen molar-refractivity contribution in [3.8, 4) is 5.75 Å². The number of para-hydroxylation sites is 3. The molecule has 4 atom stereocenters. The van der Waals surface area contributed by atoms with Gasteiger partial charge in [0, 0.05) is 11.6 Å². The van der Waals surface area contributed by atoms with Gasteiger partial charge in [-0.15, -0.1) is 0 Å². The van der Waals surface area contributed by atoms with Crippen LogP contribution in [0.3, 0.4) is 0 Å². The number of carbonyl (C=O) groups is 2.